The van der Waals surface area contributed by atoms with Crippen LogP contribution < -0.4 is 9.47 Å². The molecule has 0 saturated heterocycles. The molecule has 0 aliphatic heterocycles. The number of carbonyl (C=O) groups excluding carboxylic acids is 1. The average molecular weight is 274 g/mol. The van der Waals surface area contributed by atoms with Crippen molar-refractivity contribution < 1.29 is 24.5 Å². The van der Waals surface area contributed by atoms with Gasteiger partial charge in [0.25, 0.3) is 0 Å². The Bertz CT molecular complexity index is 593. The van der Waals surface area contributed by atoms with Gasteiger partial charge in [0.15, 0.2) is 23.0 Å². The topological polar surface area (TPSA) is 76.0 Å². The zero-order chi connectivity index (χ0) is 14.7. The summed E-state index contributed by atoms with van der Waals surface area (Å²) in [5.74, 6) is -0.654. The van der Waals surface area contributed by atoms with E-state index in [2.05, 4.69) is 0 Å². The van der Waals surface area contributed by atoms with Gasteiger partial charge >= 0.3 is 0 Å². The van der Waals surface area contributed by atoms with Gasteiger partial charge in [0.1, 0.15) is 0 Å². The van der Waals surface area contributed by atoms with Crippen molar-refractivity contribution in [3.8, 4) is 23.0 Å². The second kappa shape index (κ2) is 5.52. The third-order valence-corrected chi connectivity index (χ3v) is 2.93. The second-order valence-corrected chi connectivity index (χ2v) is 4.04. The van der Waals surface area contributed by atoms with E-state index in [1.165, 1.54) is 38.5 Å². The minimum absolute atomic E-state index is 0.0490. The highest BCUT2D eigenvalue weighted by molar-refractivity contribution is 6.13. The maximum absolute atomic E-state index is 12.4. The van der Waals surface area contributed by atoms with Crippen molar-refractivity contribution in [1.29, 1.82) is 0 Å². The first-order valence-corrected chi connectivity index (χ1v) is 5.86. The zero-order valence-corrected chi connectivity index (χ0v) is 11.1. The summed E-state index contributed by atoms with van der Waals surface area (Å²) < 4.78 is 9.91. The highest BCUT2D eigenvalue weighted by Gasteiger charge is 2.20. The largest absolute Gasteiger partial charge is 0.504 e. The van der Waals surface area contributed by atoms with Crippen LogP contribution in [0.4, 0.5) is 0 Å². The maximum Gasteiger partial charge on any atom is 0.200 e. The summed E-state index contributed by atoms with van der Waals surface area (Å²) in [6, 6.07) is 9.17. The minimum atomic E-state index is -0.516. The van der Waals surface area contributed by atoms with Gasteiger partial charge in [-0.2, -0.15) is 0 Å². The number of carbonyl (C=O) groups is 1. The maximum atomic E-state index is 12.4. The van der Waals surface area contributed by atoms with E-state index < -0.39 is 5.78 Å². The van der Waals surface area contributed by atoms with Crippen LogP contribution in [-0.4, -0.2) is 30.2 Å². The second-order valence-electron chi connectivity index (χ2n) is 4.04. The molecule has 0 saturated carbocycles. The van der Waals surface area contributed by atoms with Crippen molar-refractivity contribution in [3.63, 3.8) is 0 Å². The smallest absolute Gasteiger partial charge is 0.200 e. The van der Waals surface area contributed by atoms with Gasteiger partial charge in [-0.1, -0.05) is 12.1 Å². The summed E-state index contributed by atoms with van der Waals surface area (Å²) in [6.45, 7) is 0. The fraction of sp³-hybridized carbons (Fsp3) is 0.133. The number of aromatic hydroxyl groups is 2. The third kappa shape index (κ3) is 2.25. The van der Waals surface area contributed by atoms with E-state index >= 15 is 0 Å². The number of methoxy groups -OCH3 is 2. The Kier molecular flexibility index (Phi) is 3.79. The first kappa shape index (κ1) is 13.7. The molecule has 0 fully saturated rings. The fourth-order valence-electron chi connectivity index (χ4n) is 1.89. The van der Waals surface area contributed by atoms with Gasteiger partial charge in [-0.15, -0.1) is 0 Å². The van der Waals surface area contributed by atoms with Gasteiger partial charge in [-0.3, -0.25) is 4.79 Å². The predicted octanol–water partition coefficient (Wildman–Crippen LogP) is 2.35. The molecule has 0 unspecified atom stereocenters. The van der Waals surface area contributed by atoms with Crippen molar-refractivity contribution in [2.45, 2.75) is 0 Å². The molecule has 0 bridgehead atoms. The van der Waals surface area contributed by atoms with Crippen LogP contribution in [0.2, 0.25) is 0 Å². The van der Waals surface area contributed by atoms with Crippen molar-refractivity contribution in [3.05, 3.63) is 47.5 Å². The minimum Gasteiger partial charge on any atom is -0.504 e. The molecule has 0 atom stereocenters. The molecule has 104 valence electrons. The summed E-state index contributed by atoms with van der Waals surface area (Å²) in [4.78, 5) is 12.4. The van der Waals surface area contributed by atoms with Crippen LogP contribution >= 0.6 is 0 Å². The summed E-state index contributed by atoms with van der Waals surface area (Å²) in [6.07, 6.45) is 0. The van der Waals surface area contributed by atoms with E-state index in [-0.39, 0.29) is 34.1 Å². The highest BCUT2D eigenvalue weighted by atomic mass is 16.5. The Morgan fingerprint density at radius 1 is 0.850 bits per heavy atom. The normalized spacial score (nSPS) is 10.1. The summed E-state index contributed by atoms with van der Waals surface area (Å²) >= 11 is 0. The number of ether oxygens (including phenoxy) is 2. The van der Waals surface area contributed by atoms with Crippen molar-refractivity contribution in [2.75, 3.05) is 14.2 Å². The number of hydrogen-bond donors (Lipinski definition) is 2. The Labute approximate surface area is 116 Å². The number of hydrogen-bond acceptors (Lipinski definition) is 5. The van der Waals surface area contributed by atoms with Gasteiger partial charge in [0, 0.05) is 0 Å². The lowest BCUT2D eigenvalue weighted by Gasteiger charge is -2.10. The predicted molar refractivity (Wildman–Crippen MR) is 72.8 cm³/mol. The van der Waals surface area contributed by atoms with Crippen molar-refractivity contribution >= 4 is 5.78 Å². The van der Waals surface area contributed by atoms with Gasteiger partial charge in [0.2, 0.25) is 5.78 Å². The Balaban J connectivity index is 2.52. The van der Waals surface area contributed by atoms with E-state index in [4.69, 9.17) is 9.47 Å². The van der Waals surface area contributed by atoms with E-state index in [1.807, 2.05) is 0 Å². The molecule has 2 N–H and O–H groups in total. The first-order valence-electron chi connectivity index (χ1n) is 5.86. The summed E-state index contributed by atoms with van der Waals surface area (Å²) in [5, 5.41) is 20.0. The standard InChI is InChI=1S/C15H14O5/c1-19-11-7-3-5-9(14(11)17)13(16)10-6-4-8-12(20-2)15(10)18/h3-8,17-18H,1-2H3. The lowest BCUT2D eigenvalue weighted by Crippen LogP contribution is -2.03. The van der Waals surface area contributed by atoms with Crippen LogP contribution in [0.5, 0.6) is 23.0 Å². The molecule has 0 radical (unpaired) electrons. The molecule has 0 aliphatic rings. The third-order valence-electron chi connectivity index (χ3n) is 2.93. The fourth-order valence-corrected chi connectivity index (χ4v) is 1.89. The lowest BCUT2D eigenvalue weighted by atomic mass is 10.0. The molecule has 5 nitrogen and oxygen atoms in total. The Morgan fingerprint density at radius 2 is 1.25 bits per heavy atom. The van der Waals surface area contributed by atoms with Crippen LogP contribution in [0.15, 0.2) is 36.4 Å². The van der Waals surface area contributed by atoms with E-state index in [9.17, 15) is 15.0 Å². The molecule has 0 spiro atoms. The first-order chi connectivity index (χ1) is 9.60. The lowest BCUT2D eigenvalue weighted by molar-refractivity contribution is 0.103. The van der Waals surface area contributed by atoms with Gasteiger partial charge < -0.3 is 19.7 Å². The molecule has 0 aromatic heterocycles. The van der Waals surface area contributed by atoms with Crippen LogP contribution in [0.25, 0.3) is 0 Å². The van der Waals surface area contributed by atoms with Crippen LogP contribution in [0.3, 0.4) is 0 Å². The number of benzene rings is 2. The van der Waals surface area contributed by atoms with Gasteiger partial charge in [-0.05, 0) is 24.3 Å². The Morgan fingerprint density at radius 3 is 1.60 bits per heavy atom. The van der Waals surface area contributed by atoms with Crippen molar-refractivity contribution in [2.24, 2.45) is 0 Å². The monoisotopic (exact) mass is 274 g/mol. The molecule has 0 heterocycles. The molecule has 2 aromatic carbocycles. The van der Waals surface area contributed by atoms with Gasteiger partial charge in [0.05, 0.1) is 25.3 Å². The van der Waals surface area contributed by atoms with Crippen LogP contribution in [-0.2, 0) is 0 Å². The molecular weight excluding hydrogens is 260 g/mol. The number of para-hydroxylation sites is 2. The summed E-state index contributed by atoms with van der Waals surface area (Å²) in [7, 11) is 2.79. The van der Waals surface area contributed by atoms with E-state index in [1.54, 1.807) is 12.1 Å². The molecule has 5 heteroatoms. The average Bonchev–Trinajstić information content (AvgIpc) is 2.47. The number of rotatable bonds is 4. The molecule has 0 amide bonds. The number of ketones is 1. The van der Waals surface area contributed by atoms with E-state index in [0.717, 1.165) is 0 Å². The summed E-state index contributed by atoms with van der Waals surface area (Å²) in [5.41, 5.74) is 0.0980. The van der Waals surface area contributed by atoms with Crippen LogP contribution in [0.1, 0.15) is 15.9 Å². The molecule has 0 aliphatic carbocycles. The molecule has 2 aromatic rings. The highest BCUT2D eigenvalue weighted by Crippen LogP contribution is 2.35. The zero-order valence-electron chi connectivity index (χ0n) is 11.1. The molecule has 2 rings (SSSR count). The number of phenolic OH excluding ortho intramolecular Hbond substituents is 2. The molecule has 20 heavy (non-hydrogen) atoms. The van der Waals surface area contributed by atoms with Crippen LogP contribution in [0, 0.1) is 0 Å². The SMILES string of the molecule is COc1cccc(C(=O)c2cccc(OC)c2O)c1O. The van der Waals surface area contributed by atoms with Gasteiger partial charge in [-0.25, -0.2) is 0 Å². The number of phenols is 2. The molecular formula is C15H14O5. The van der Waals surface area contributed by atoms with Crippen molar-refractivity contribution in [1.82, 2.24) is 0 Å². The Hall–Kier alpha value is -2.69. The quantitative estimate of drug-likeness (QED) is 0.837. The van der Waals surface area contributed by atoms with E-state index in [0.29, 0.717) is 0 Å².